The highest BCUT2D eigenvalue weighted by Crippen LogP contribution is 2.27. The van der Waals surface area contributed by atoms with Crippen molar-refractivity contribution >= 4 is 17.0 Å². The van der Waals surface area contributed by atoms with Gasteiger partial charge in [-0.25, -0.2) is 9.18 Å². The third kappa shape index (κ3) is 3.49. The molecule has 0 unspecified atom stereocenters. The third-order valence-corrected chi connectivity index (χ3v) is 4.76. The third-order valence-electron chi connectivity index (χ3n) is 4.76. The number of carbonyl (C=O) groups excluding carboxylic acids is 1. The minimum Gasteiger partial charge on any atom is -0.459 e. The first-order valence-corrected chi connectivity index (χ1v) is 8.25. The summed E-state index contributed by atoms with van der Waals surface area (Å²) in [6, 6.07) is 4.83. The Morgan fingerprint density at radius 2 is 2.04 bits per heavy atom. The summed E-state index contributed by atoms with van der Waals surface area (Å²) >= 11 is 0. The monoisotopic (exact) mass is 318 g/mol. The Morgan fingerprint density at radius 3 is 2.74 bits per heavy atom. The number of aryl methyl sites for hydroxylation is 1. The second-order valence-corrected chi connectivity index (χ2v) is 6.55. The molecule has 0 spiro atoms. The fourth-order valence-corrected chi connectivity index (χ4v) is 3.27. The summed E-state index contributed by atoms with van der Waals surface area (Å²) in [5.74, 6) is 1.05. The van der Waals surface area contributed by atoms with Crippen LogP contribution in [0.4, 0.5) is 9.18 Å². The van der Waals surface area contributed by atoms with E-state index in [4.69, 9.17) is 4.42 Å². The van der Waals surface area contributed by atoms with Crippen molar-refractivity contribution < 1.29 is 13.6 Å². The molecule has 1 aromatic carbocycles. The van der Waals surface area contributed by atoms with E-state index < -0.39 is 0 Å². The fourth-order valence-electron chi connectivity index (χ4n) is 3.27. The molecule has 0 radical (unpaired) electrons. The molecule has 3 rings (SSSR count). The second kappa shape index (κ2) is 6.60. The summed E-state index contributed by atoms with van der Waals surface area (Å²) in [6.07, 6.45) is 4.38. The molecule has 0 bridgehead atoms. The molecular weight excluding hydrogens is 295 g/mol. The van der Waals surface area contributed by atoms with Gasteiger partial charge in [-0.05, 0) is 50.7 Å². The highest BCUT2D eigenvalue weighted by molar-refractivity contribution is 5.83. The molecule has 2 N–H and O–H groups in total. The smallest absolute Gasteiger partial charge is 0.315 e. The Kier molecular flexibility index (Phi) is 4.55. The zero-order chi connectivity index (χ0) is 16.4. The molecule has 124 valence electrons. The molecule has 23 heavy (non-hydrogen) atoms. The van der Waals surface area contributed by atoms with Gasteiger partial charge >= 0.3 is 6.03 Å². The molecule has 2 amide bonds. The highest BCUT2D eigenvalue weighted by atomic mass is 19.1. The number of hydrogen-bond acceptors (Lipinski definition) is 2. The Morgan fingerprint density at radius 1 is 1.30 bits per heavy atom. The van der Waals surface area contributed by atoms with Crippen molar-refractivity contribution in [3.8, 4) is 0 Å². The van der Waals surface area contributed by atoms with Crippen molar-refractivity contribution in [2.45, 2.75) is 52.1 Å². The number of nitrogens with one attached hydrogen (secondary N) is 2. The van der Waals surface area contributed by atoms with Crippen LogP contribution in [0.15, 0.2) is 22.6 Å². The summed E-state index contributed by atoms with van der Waals surface area (Å²) in [7, 11) is 0. The van der Waals surface area contributed by atoms with Crippen molar-refractivity contribution in [3.05, 3.63) is 35.3 Å². The van der Waals surface area contributed by atoms with Crippen LogP contribution in [0.25, 0.3) is 11.0 Å². The minimum absolute atomic E-state index is 0.190. The topological polar surface area (TPSA) is 54.3 Å². The predicted octanol–water partition coefficient (Wildman–Crippen LogP) is 4.26. The second-order valence-electron chi connectivity index (χ2n) is 6.55. The van der Waals surface area contributed by atoms with Gasteiger partial charge in [-0.2, -0.15) is 0 Å². The average Bonchev–Trinajstić information content (AvgIpc) is 2.85. The number of halogens is 1. The molecule has 1 fully saturated rings. The lowest BCUT2D eigenvalue weighted by Gasteiger charge is -2.26. The molecule has 4 nitrogen and oxygen atoms in total. The molecule has 1 heterocycles. The molecule has 5 heteroatoms. The van der Waals surface area contributed by atoms with Crippen molar-refractivity contribution in [1.29, 1.82) is 0 Å². The Hall–Kier alpha value is -2.04. The zero-order valence-electron chi connectivity index (χ0n) is 13.6. The van der Waals surface area contributed by atoms with Crippen molar-refractivity contribution in [2.24, 2.45) is 5.92 Å². The number of fused-ring (bicyclic) bond motifs is 1. The summed E-state index contributed by atoms with van der Waals surface area (Å²) in [6.45, 7) is 4.32. The van der Waals surface area contributed by atoms with Crippen LogP contribution in [0.2, 0.25) is 0 Å². The first-order chi connectivity index (χ1) is 11.0. The molecule has 1 aliphatic rings. The van der Waals surface area contributed by atoms with Gasteiger partial charge in [-0.1, -0.05) is 13.0 Å². The lowest BCUT2D eigenvalue weighted by atomic mass is 9.87. The van der Waals surface area contributed by atoms with Crippen molar-refractivity contribution in [1.82, 2.24) is 10.6 Å². The van der Waals surface area contributed by atoms with E-state index in [1.807, 2.05) is 6.92 Å². The van der Waals surface area contributed by atoms with E-state index in [2.05, 4.69) is 17.6 Å². The largest absolute Gasteiger partial charge is 0.459 e. The van der Waals surface area contributed by atoms with Crippen LogP contribution in [0.3, 0.4) is 0 Å². The summed E-state index contributed by atoms with van der Waals surface area (Å²) in [5, 5.41) is 6.31. The normalized spacial score (nSPS) is 21.3. The SMILES string of the molecule is Cc1c(CNC(=O)NC2CCC(C)CC2)oc2cccc(F)c12. The number of urea groups is 1. The maximum atomic E-state index is 13.8. The number of amides is 2. The van der Waals surface area contributed by atoms with E-state index in [9.17, 15) is 9.18 Å². The van der Waals surface area contributed by atoms with E-state index in [-0.39, 0.29) is 24.4 Å². The van der Waals surface area contributed by atoms with Gasteiger partial charge in [0.05, 0.1) is 11.9 Å². The van der Waals surface area contributed by atoms with E-state index in [1.165, 1.54) is 6.07 Å². The van der Waals surface area contributed by atoms with Crippen molar-refractivity contribution in [3.63, 3.8) is 0 Å². The molecular formula is C18H23FN2O2. The van der Waals surface area contributed by atoms with Gasteiger partial charge in [0.1, 0.15) is 17.2 Å². The molecule has 1 aromatic heterocycles. The summed E-state index contributed by atoms with van der Waals surface area (Å²) in [4.78, 5) is 12.0. The Bertz CT molecular complexity index is 702. The fraction of sp³-hybridized carbons (Fsp3) is 0.500. The minimum atomic E-state index is -0.296. The first-order valence-electron chi connectivity index (χ1n) is 8.25. The van der Waals surface area contributed by atoms with E-state index >= 15 is 0 Å². The predicted molar refractivity (Wildman–Crippen MR) is 87.7 cm³/mol. The number of hydrogen-bond donors (Lipinski definition) is 2. The maximum absolute atomic E-state index is 13.8. The zero-order valence-corrected chi connectivity index (χ0v) is 13.6. The maximum Gasteiger partial charge on any atom is 0.315 e. The molecule has 1 aliphatic carbocycles. The molecule has 0 aliphatic heterocycles. The van der Waals surface area contributed by atoms with Gasteiger partial charge in [0.2, 0.25) is 0 Å². The van der Waals surface area contributed by atoms with Gasteiger partial charge < -0.3 is 15.1 Å². The quantitative estimate of drug-likeness (QED) is 0.888. The average molecular weight is 318 g/mol. The summed E-state index contributed by atoms with van der Waals surface area (Å²) < 4.78 is 19.5. The number of benzene rings is 1. The van der Waals surface area contributed by atoms with Gasteiger partial charge in [0.15, 0.2) is 0 Å². The molecule has 2 aromatic rings. The highest BCUT2D eigenvalue weighted by Gasteiger charge is 2.20. The van der Waals surface area contributed by atoms with E-state index in [0.29, 0.717) is 16.7 Å². The van der Waals surface area contributed by atoms with E-state index in [0.717, 1.165) is 37.2 Å². The van der Waals surface area contributed by atoms with Crippen LogP contribution in [0.1, 0.15) is 43.9 Å². The van der Waals surface area contributed by atoms with Crippen LogP contribution in [-0.4, -0.2) is 12.1 Å². The van der Waals surface area contributed by atoms with Crippen molar-refractivity contribution in [2.75, 3.05) is 0 Å². The molecule has 1 saturated carbocycles. The van der Waals surface area contributed by atoms with Gasteiger partial charge in [0.25, 0.3) is 0 Å². The summed E-state index contributed by atoms with van der Waals surface area (Å²) in [5.41, 5.74) is 1.26. The van der Waals surface area contributed by atoms with Crippen LogP contribution in [-0.2, 0) is 6.54 Å². The lowest BCUT2D eigenvalue weighted by molar-refractivity contribution is 0.227. The lowest BCUT2D eigenvalue weighted by Crippen LogP contribution is -2.43. The number of rotatable bonds is 3. The van der Waals surface area contributed by atoms with Crippen LogP contribution >= 0.6 is 0 Å². The van der Waals surface area contributed by atoms with E-state index in [1.54, 1.807) is 12.1 Å². The number of furan rings is 1. The molecule has 0 atom stereocenters. The standard InChI is InChI=1S/C18H23FN2O2/c1-11-6-8-13(9-7-11)21-18(22)20-10-16-12(2)17-14(19)4-3-5-15(17)23-16/h3-5,11,13H,6-10H2,1-2H3,(H2,20,21,22). The van der Waals surface area contributed by atoms with Crippen LogP contribution < -0.4 is 10.6 Å². The van der Waals surface area contributed by atoms with Crippen LogP contribution in [0, 0.1) is 18.7 Å². The van der Waals surface area contributed by atoms with Gasteiger partial charge in [-0.15, -0.1) is 0 Å². The number of carbonyl (C=O) groups is 1. The van der Waals surface area contributed by atoms with Gasteiger partial charge in [0, 0.05) is 11.6 Å². The molecule has 0 saturated heterocycles. The van der Waals surface area contributed by atoms with Crippen LogP contribution in [0.5, 0.6) is 0 Å². The van der Waals surface area contributed by atoms with Gasteiger partial charge in [-0.3, -0.25) is 0 Å². The first kappa shape index (κ1) is 15.8. The Balaban J connectivity index is 1.59. The Labute approximate surface area is 135 Å².